The molecule has 96 valence electrons. The molecule has 0 amide bonds. The minimum atomic E-state index is 0. The van der Waals surface area contributed by atoms with Crippen LogP contribution in [0.5, 0.6) is 5.75 Å². The molecule has 17 heavy (non-hydrogen) atoms. The van der Waals surface area contributed by atoms with E-state index in [-0.39, 0.29) is 18.4 Å². The number of halogens is 3. The van der Waals surface area contributed by atoms with Gasteiger partial charge in [0.05, 0.1) is 7.14 Å². The highest BCUT2D eigenvalue weighted by Crippen LogP contribution is 2.37. The largest absolute Gasteiger partial charge is 0.506 e. The van der Waals surface area contributed by atoms with Crippen LogP contribution in [0.4, 0.5) is 0 Å². The lowest BCUT2D eigenvalue weighted by atomic mass is 9.92. The van der Waals surface area contributed by atoms with E-state index in [1.54, 1.807) is 0 Å². The Hall–Kier alpha value is 0.730. The molecule has 1 aliphatic rings. The maximum Gasteiger partial charge on any atom is 0.142 e. The van der Waals surface area contributed by atoms with E-state index in [9.17, 15) is 5.11 Å². The van der Waals surface area contributed by atoms with Gasteiger partial charge < -0.3 is 10.8 Å². The van der Waals surface area contributed by atoms with Crippen LogP contribution >= 0.6 is 57.6 Å². The van der Waals surface area contributed by atoms with Crippen molar-refractivity contribution in [3.63, 3.8) is 0 Å². The normalized spacial score (nSPS) is 17.8. The van der Waals surface area contributed by atoms with Crippen molar-refractivity contribution in [2.45, 2.75) is 31.7 Å². The van der Waals surface area contributed by atoms with Gasteiger partial charge in [-0.1, -0.05) is 12.8 Å². The third-order valence-electron chi connectivity index (χ3n) is 3.33. The SMILES string of the molecule is Cl.N[C@H](c1cc(I)c(O)c(I)c1)C1CCCC1. The van der Waals surface area contributed by atoms with E-state index < -0.39 is 0 Å². The minimum absolute atomic E-state index is 0. The standard InChI is InChI=1S/C12H15I2NO.ClH/c13-9-5-8(6-10(14)12(9)16)11(15)7-3-1-2-4-7;/h5-7,11,16H,1-4,15H2;1H/t11-;/m0./s1. The van der Waals surface area contributed by atoms with Gasteiger partial charge in [-0.2, -0.15) is 0 Å². The second-order valence-corrected chi connectivity index (χ2v) is 6.73. The molecule has 0 saturated heterocycles. The van der Waals surface area contributed by atoms with Gasteiger partial charge in [0.1, 0.15) is 5.75 Å². The summed E-state index contributed by atoms with van der Waals surface area (Å²) in [5, 5.41) is 9.72. The smallest absolute Gasteiger partial charge is 0.142 e. The van der Waals surface area contributed by atoms with Crippen molar-refractivity contribution in [1.29, 1.82) is 0 Å². The van der Waals surface area contributed by atoms with E-state index >= 15 is 0 Å². The molecule has 1 atom stereocenters. The molecule has 0 radical (unpaired) electrons. The summed E-state index contributed by atoms with van der Waals surface area (Å²) in [6.07, 6.45) is 5.11. The van der Waals surface area contributed by atoms with Gasteiger partial charge in [-0.15, -0.1) is 12.4 Å². The summed E-state index contributed by atoms with van der Waals surface area (Å²) in [5.74, 6) is 1.000. The second kappa shape index (κ2) is 6.77. The van der Waals surface area contributed by atoms with E-state index in [1.165, 1.54) is 31.2 Å². The predicted octanol–water partition coefficient (Wildman–Crippen LogP) is 4.21. The van der Waals surface area contributed by atoms with E-state index in [0.29, 0.717) is 11.7 Å². The van der Waals surface area contributed by atoms with Crippen LogP contribution in [0.1, 0.15) is 37.3 Å². The van der Waals surface area contributed by atoms with Crippen LogP contribution in [0, 0.1) is 13.1 Å². The van der Waals surface area contributed by atoms with Gasteiger partial charge >= 0.3 is 0 Å². The molecule has 1 aliphatic carbocycles. The van der Waals surface area contributed by atoms with Crippen LogP contribution < -0.4 is 5.73 Å². The fourth-order valence-corrected chi connectivity index (χ4v) is 4.18. The molecule has 1 aromatic carbocycles. The lowest BCUT2D eigenvalue weighted by Crippen LogP contribution is -2.19. The molecule has 0 bridgehead atoms. The summed E-state index contributed by atoms with van der Waals surface area (Å²) in [6.45, 7) is 0. The van der Waals surface area contributed by atoms with Crippen molar-refractivity contribution < 1.29 is 5.11 Å². The Morgan fingerprint density at radius 2 is 1.65 bits per heavy atom. The topological polar surface area (TPSA) is 46.2 Å². The first-order valence-electron chi connectivity index (χ1n) is 5.53. The highest BCUT2D eigenvalue weighted by Gasteiger charge is 2.24. The molecular formula is C12H16ClI2NO. The summed E-state index contributed by atoms with van der Waals surface area (Å²) in [5.41, 5.74) is 7.47. The van der Waals surface area contributed by atoms with E-state index in [0.717, 1.165) is 7.14 Å². The van der Waals surface area contributed by atoms with Crippen molar-refractivity contribution in [1.82, 2.24) is 0 Å². The fraction of sp³-hybridized carbons (Fsp3) is 0.500. The number of benzene rings is 1. The highest BCUT2D eigenvalue weighted by molar-refractivity contribution is 14.1. The molecule has 2 rings (SSSR count). The molecule has 3 N–H and O–H groups in total. The number of phenols is 1. The van der Waals surface area contributed by atoms with Gasteiger partial charge in [0, 0.05) is 6.04 Å². The van der Waals surface area contributed by atoms with Crippen LogP contribution in [-0.4, -0.2) is 5.11 Å². The summed E-state index contributed by atoms with van der Waals surface area (Å²) < 4.78 is 1.79. The lowest BCUT2D eigenvalue weighted by Gasteiger charge is -2.20. The summed E-state index contributed by atoms with van der Waals surface area (Å²) in [6, 6.07) is 4.16. The van der Waals surface area contributed by atoms with Gasteiger partial charge in [0.2, 0.25) is 0 Å². The maximum atomic E-state index is 9.72. The van der Waals surface area contributed by atoms with Gasteiger partial charge in [-0.3, -0.25) is 0 Å². The number of aromatic hydroxyl groups is 1. The Labute approximate surface area is 135 Å². The van der Waals surface area contributed by atoms with Crippen LogP contribution in [0.25, 0.3) is 0 Å². The van der Waals surface area contributed by atoms with Gasteiger partial charge in [-0.05, 0) is 81.6 Å². The maximum absolute atomic E-state index is 9.72. The van der Waals surface area contributed by atoms with Crippen molar-refractivity contribution in [3.8, 4) is 5.75 Å². The number of hydrogen-bond acceptors (Lipinski definition) is 2. The van der Waals surface area contributed by atoms with Crippen molar-refractivity contribution in [2.24, 2.45) is 11.7 Å². The van der Waals surface area contributed by atoms with Crippen molar-refractivity contribution >= 4 is 57.6 Å². The molecule has 1 saturated carbocycles. The zero-order valence-corrected chi connectivity index (χ0v) is 14.5. The van der Waals surface area contributed by atoms with Crippen LogP contribution in [-0.2, 0) is 0 Å². The Bertz CT molecular complexity index is 371. The summed E-state index contributed by atoms with van der Waals surface area (Å²) in [7, 11) is 0. The first-order valence-corrected chi connectivity index (χ1v) is 7.69. The van der Waals surface area contributed by atoms with Crippen molar-refractivity contribution in [3.05, 3.63) is 24.8 Å². The van der Waals surface area contributed by atoms with E-state index in [1.807, 2.05) is 12.1 Å². The first kappa shape index (κ1) is 15.8. The fourth-order valence-electron chi connectivity index (χ4n) is 2.37. The molecule has 0 spiro atoms. The number of nitrogens with two attached hydrogens (primary N) is 1. The first-order chi connectivity index (χ1) is 7.59. The molecule has 0 heterocycles. The summed E-state index contributed by atoms with van der Waals surface area (Å²) in [4.78, 5) is 0. The monoisotopic (exact) mass is 479 g/mol. The summed E-state index contributed by atoms with van der Waals surface area (Å²) >= 11 is 4.32. The van der Waals surface area contributed by atoms with Gasteiger partial charge in [0.25, 0.3) is 0 Å². The zero-order valence-electron chi connectivity index (χ0n) is 9.33. The quantitative estimate of drug-likeness (QED) is 0.625. The van der Waals surface area contributed by atoms with Gasteiger partial charge in [0.15, 0.2) is 0 Å². The average Bonchev–Trinajstić information content (AvgIpc) is 2.77. The second-order valence-electron chi connectivity index (χ2n) is 4.40. The van der Waals surface area contributed by atoms with Crippen molar-refractivity contribution in [2.75, 3.05) is 0 Å². The Morgan fingerprint density at radius 1 is 1.18 bits per heavy atom. The predicted molar refractivity (Wildman–Crippen MR) is 89.7 cm³/mol. The molecule has 0 aliphatic heterocycles. The van der Waals surface area contributed by atoms with Crippen LogP contribution in [0.15, 0.2) is 12.1 Å². The zero-order chi connectivity index (χ0) is 11.7. The Balaban J connectivity index is 0.00000144. The lowest BCUT2D eigenvalue weighted by molar-refractivity contribution is 0.441. The molecular weight excluding hydrogens is 463 g/mol. The molecule has 5 heteroatoms. The van der Waals surface area contributed by atoms with Gasteiger partial charge in [-0.25, -0.2) is 0 Å². The van der Waals surface area contributed by atoms with Crippen LogP contribution in [0.3, 0.4) is 0 Å². The Morgan fingerprint density at radius 3 is 2.12 bits per heavy atom. The number of rotatable bonds is 2. The molecule has 1 fully saturated rings. The molecule has 0 aromatic heterocycles. The number of hydrogen-bond donors (Lipinski definition) is 2. The highest BCUT2D eigenvalue weighted by atomic mass is 127. The molecule has 1 aromatic rings. The van der Waals surface area contributed by atoms with Crippen LogP contribution in [0.2, 0.25) is 0 Å². The minimum Gasteiger partial charge on any atom is -0.506 e. The third-order valence-corrected chi connectivity index (χ3v) is 4.98. The van der Waals surface area contributed by atoms with E-state index in [2.05, 4.69) is 45.2 Å². The third kappa shape index (κ3) is 3.61. The molecule has 0 unspecified atom stereocenters. The van der Waals surface area contributed by atoms with E-state index in [4.69, 9.17) is 5.73 Å². The number of phenolic OH excluding ortho intramolecular Hbond substituents is 1. The average molecular weight is 480 g/mol. The Kier molecular flexibility index (Phi) is 6.29. The molecule has 2 nitrogen and oxygen atoms in total.